The summed E-state index contributed by atoms with van der Waals surface area (Å²) in [6.07, 6.45) is 0. The Balaban J connectivity index is 2.28. The van der Waals surface area contributed by atoms with Crippen LogP contribution >= 0.6 is 0 Å². The van der Waals surface area contributed by atoms with Gasteiger partial charge in [-0.3, -0.25) is 4.79 Å². The van der Waals surface area contributed by atoms with Crippen LogP contribution in [0, 0.1) is 5.82 Å². The predicted molar refractivity (Wildman–Crippen MR) is 78.3 cm³/mol. The van der Waals surface area contributed by atoms with Crippen molar-refractivity contribution in [2.24, 2.45) is 0 Å². The van der Waals surface area contributed by atoms with E-state index in [2.05, 4.69) is 5.32 Å². The summed E-state index contributed by atoms with van der Waals surface area (Å²) >= 11 is 0. The van der Waals surface area contributed by atoms with Gasteiger partial charge in [-0.05, 0) is 24.3 Å². The lowest BCUT2D eigenvalue weighted by molar-refractivity contribution is 0.102. The lowest BCUT2D eigenvalue weighted by atomic mass is 10.1. The molecule has 6 heteroatoms. The van der Waals surface area contributed by atoms with E-state index in [1.54, 1.807) is 12.1 Å². The molecule has 110 valence electrons. The first-order chi connectivity index (χ1) is 10.0. The molecule has 0 saturated carbocycles. The van der Waals surface area contributed by atoms with E-state index in [0.717, 1.165) is 0 Å². The van der Waals surface area contributed by atoms with Gasteiger partial charge in [-0.2, -0.15) is 0 Å². The SMILES string of the molecule is COc1cc(N)cc(C(=O)Nc2ccc(F)cc2OC)c1. The highest BCUT2D eigenvalue weighted by Crippen LogP contribution is 2.26. The minimum Gasteiger partial charge on any atom is -0.497 e. The third kappa shape index (κ3) is 3.42. The van der Waals surface area contributed by atoms with E-state index >= 15 is 0 Å². The van der Waals surface area contributed by atoms with E-state index < -0.39 is 11.7 Å². The van der Waals surface area contributed by atoms with Gasteiger partial charge in [-0.25, -0.2) is 4.39 Å². The topological polar surface area (TPSA) is 73.6 Å². The van der Waals surface area contributed by atoms with Gasteiger partial charge in [0.15, 0.2) is 0 Å². The molecule has 0 unspecified atom stereocenters. The van der Waals surface area contributed by atoms with Crippen molar-refractivity contribution in [2.45, 2.75) is 0 Å². The molecule has 1 amide bonds. The molecule has 0 saturated heterocycles. The van der Waals surface area contributed by atoms with Crippen LogP contribution in [-0.4, -0.2) is 20.1 Å². The first-order valence-electron chi connectivity index (χ1n) is 6.13. The number of methoxy groups -OCH3 is 2. The third-order valence-corrected chi connectivity index (χ3v) is 2.84. The summed E-state index contributed by atoms with van der Waals surface area (Å²) < 4.78 is 23.2. The Kier molecular flexibility index (Phi) is 4.27. The van der Waals surface area contributed by atoms with Crippen LogP contribution in [0.4, 0.5) is 15.8 Å². The zero-order valence-electron chi connectivity index (χ0n) is 11.6. The second kappa shape index (κ2) is 6.13. The summed E-state index contributed by atoms with van der Waals surface area (Å²) in [7, 11) is 2.88. The van der Waals surface area contributed by atoms with E-state index in [-0.39, 0.29) is 5.75 Å². The maximum Gasteiger partial charge on any atom is 0.255 e. The summed E-state index contributed by atoms with van der Waals surface area (Å²) in [5.74, 6) is -0.133. The second-order valence-corrected chi connectivity index (χ2v) is 4.29. The molecule has 0 aliphatic heterocycles. The minimum absolute atomic E-state index is 0.235. The maximum atomic E-state index is 13.1. The molecule has 0 atom stereocenters. The quantitative estimate of drug-likeness (QED) is 0.849. The number of rotatable bonds is 4. The highest BCUT2D eigenvalue weighted by molar-refractivity contribution is 6.05. The largest absolute Gasteiger partial charge is 0.497 e. The van der Waals surface area contributed by atoms with E-state index in [1.807, 2.05) is 0 Å². The average molecular weight is 290 g/mol. The van der Waals surface area contributed by atoms with Crippen molar-refractivity contribution in [3.63, 3.8) is 0 Å². The van der Waals surface area contributed by atoms with Gasteiger partial charge in [0.1, 0.15) is 17.3 Å². The number of carbonyl (C=O) groups excluding carboxylic acids is 1. The molecule has 2 aromatic rings. The Bertz CT molecular complexity index is 674. The van der Waals surface area contributed by atoms with E-state index in [9.17, 15) is 9.18 Å². The number of nitrogens with two attached hydrogens (primary N) is 1. The van der Waals surface area contributed by atoms with Gasteiger partial charge in [0.05, 0.1) is 19.9 Å². The molecular formula is C15H15FN2O3. The number of ether oxygens (including phenoxy) is 2. The van der Waals surface area contributed by atoms with Gasteiger partial charge < -0.3 is 20.5 Å². The molecule has 2 rings (SSSR count). The summed E-state index contributed by atoms with van der Waals surface area (Å²) in [5, 5.41) is 2.64. The van der Waals surface area contributed by atoms with Crippen molar-refractivity contribution in [1.29, 1.82) is 0 Å². The Morgan fingerprint density at radius 3 is 2.57 bits per heavy atom. The van der Waals surface area contributed by atoms with Crippen LogP contribution in [0.2, 0.25) is 0 Å². The standard InChI is InChI=1S/C15H15FN2O3/c1-20-12-6-9(5-11(17)8-12)15(19)18-13-4-3-10(16)7-14(13)21-2/h3-8H,17H2,1-2H3,(H,18,19). The molecule has 21 heavy (non-hydrogen) atoms. The summed E-state index contributed by atoms with van der Waals surface area (Å²) in [5.41, 5.74) is 6.81. The fourth-order valence-electron chi connectivity index (χ4n) is 1.83. The zero-order chi connectivity index (χ0) is 15.4. The summed E-state index contributed by atoms with van der Waals surface area (Å²) in [6.45, 7) is 0. The molecule has 2 aromatic carbocycles. The highest BCUT2D eigenvalue weighted by atomic mass is 19.1. The zero-order valence-corrected chi connectivity index (χ0v) is 11.6. The number of nitrogen functional groups attached to an aromatic ring is 1. The molecule has 3 N–H and O–H groups in total. The number of halogens is 1. The van der Waals surface area contributed by atoms with Gasteiger partial charge in [-0.15, -0.1) is 0 Å². The van der Waals surface area contributed by atoms with Crippen LogP contribution < -0.4 is 20.5 Å². The first-order valence-corrected chi connectivity index (χ1v) is 6.13. The summed E-state index contributed by atoms with van der Waals surface area (Å²) in [4.78, 5) is 12.2. The number of benzene rings is 2. The first kappa shape index (κ1) is 14.6. The molecule has 0 aliphatic rings. The van der Waals surface area contributed by atoms with Gasteiger partial charge >= 0.3 is 0 Å². The maximum absolute atomic E-state index is 13.1. The Hall–Kier alpha value is -2.76. The molecular weight excluding hydrogens is 275 g/mol. The number of nitrogens with one attached hydrogen (secondary N) is 1. The van der Waals surface area contributed by atoms with Crippen LogP contribution in [0.15, 0.2) is 36.4 Å². The van der Waals surface area contributed by atoms with Gasteiger partial charge in [0.25, 0.3) is 5.91 Å². The molecule has 5 nitrogen and oxygen atoms in total. The molecule has 0 bridgehead atoms. The van der Waals surface area contributed by atoms with Crippen LogP contribution in [0.5, 0.6) is 11.5 Å². The Labute approximate surface area is 121 Å². The van der Waals surface area contributed by atoms with Gasteiger partial charge in [0.2, 0.25) is 0 Å². The molecule has 0 heterocycles. The van der Waals surface area contributed by atoms with Crippen molar-refractivity contribution >= 4 is 17.3 Å². The lowest BCUT2D eigenvalue weighted by Gasteiger charge is -2.11. The predicted octanol–water partition coefficient (Wildman–Crippen LogP) is 2.68. The Morgan fingerprint density at radius 2 is 1.90 bits per heavy atom. The Morgan fingerprint density at radius 1 is 1.14 bits per heavy atom. The fraction of sp³-hybridized carbons (Fsp3) is 0.133. The lowest BCUT2D eigenvalue weighted by Crippen LogP contribution is -2.13. The van der Waals surface area contributed by atoms with Crippen molar-refractivity contribution in [2.75, 3.05) is 25.3 Å². The number of carbonyl (C=O) groups is 1. The van der Waals surface area contributed by atoms with E-state index in [0.29, 0.717) is 22.7 Å². The number of hydrogen-bond donors (Lipinski definition) is 2. The van der Waals surface area contributed by atoms with Crippen molar-refractivity contribution in [3.8, 4) is 11.5 Å². The van der Waals surface area contributed by atoms with Crippen LogP contribution in [0.3, 0.4) is 0 Å². The smallest absolute Gasteiger partial charge is 0.255 e. The van der Waals surface area contributed by atoms with Crippen molar-refractivity contribution in [3.05, 3.63) is 47.8 Å². The van der Waals surface area contributed by atoms with Crippen LogP contribution in [-0.2, 0) is 0 Å². The van der Waals surface area contributed by atoms with E-state index in [4.69, 9.17) is 15.2 Å². The average Bonchev–Trinajstić information content (AvgIpc) is 2.48. The molecule has 0 radical (unpaired) electrons. The monoisotopic (exact) mass is 290 g/mol. The number of hydrogen-bond acceptors (Lipinski definition) is 4. The van der Waals surface area contributed by atoms with Crippen LogP contribution in [0.25, 0.3) is 0 Å². The normalized spacial score (nSPS) is 10.0. The molecule has 0 spiro atoms. The third-order valence-electron chi connectivity index (χ3n) is 2.84. The minimum atomic E-state index is -0.449. The molecule has 0 aromatic heterocycles. The summed E-state index contributed by atoms with van der Waals surface area (Å²) in [6, 6.07) is 8.54. The van der Waals surface area contributed by atoms with Crippen molar-refractivity contribution in [1.82, 2.24) is 0 Å². The van der Waals surface area contributed by atoms with Gasteiger partial charge in [-0.1, -0.05) is 0 Å². The molecule has 0 aliphatic carbocycles. The highest BCUT2D eigenvalue weighted by Gasteiger charge is 2.12. The van der Waals surface area contributed by atoms with Crippen LogP contribution in [0.1, 0.15) is 10.4 Å². The van der Waals surface area contributed by atoms with Crippen molar-refractivity contribution < 1.29 is 18.7 Å². The van der Waals surface area contributed by atoms with Gasteiger partial charge in [0, 0.05) is 23.4 Å². The van der Waals surface area contributed by atoms with E-state index in [1.165, 1.54) is 38.5 Å². The fourth-order valence-corrected chi connectivity index (χ4v) is 1.83. The number of anilines is 2. The second-order valence-electron chi connectivity index (χ2n) is 4.29. The number of amides is 1. The molecule has 0 fully saturated rings.